The van der Waals surface area contributed by atoms with Gasteiger partial charge in [0.15, 0.2) is 0 Å². The van der Waals surface area contributed by atoms with Crippen molar-refractivity contribution in [1.29, 1.82) is 0 Å². The Kier molecular flexibility index (Phi) is 5.17. The van der Waals surface area contributed by atoms with Crippen LogP contribution in [0.5, 0.6) is 0 Å². The number of nitrogens with zero attached hydrogens (tertiary/aromatic N) is 1. The van der Waals surface area contributed by atoms with E-state index in [2.05, 4.69) is 5.32 Å². The smallest absolute Gasteiger partial charge is 0.225 e. The molecular formula is C14H20N2O4. The zero-order chi connectivity index (χ0) is 14.4. The van der Waals surface area contributed by atoms with Gasteiger partial charge in [-0.2, -0.15) is 0 Å². The van der Waals surface area contributed by atoms with Crippen molar-refractivity contribution < 1.29 is 18.7 Å². The molecular weight excluding hydrogens is 260 g/mol. The Balaban J connectivity index is 1.77. The number of methoxy groups -OCH3 is 1. The molecule has 2 heterocycles. The maximum absolute atomic E-state index is 11.9. The predicted molar refractivity (Wildman–Crippen MR) is 71.7 cm³/mol. The Bertz CT molecular complexity index is 444. The van der Waals surface area contributed by atoms with Crippen molar-refractivity contribution >= 4 is 11.8 Å². The van der Waals surface area contributed by atoms with Gasteiger partial charge in [0.1, 0.15) is 5.76 Å². The fourth-order valence-corrected chi connectivity index (χ4v) is 2.26. The number of hydrogen-bond donors (Lipinski definition) is 1. The second-order valence-electron chi connectivity index (χ2n) is 4.89. The zero-order valence-corrected chi connectivity index (χ0v) is 11.6. The van der Waals surface area contributed by atoms with E-state index >= 15 is 0 Å². The highest BCUT2D eigenvalue weighted by atomic mass is 16.5. The lowest BCUT2D eigenvalue weighted by Crippen LogP contribution is -2.33. The van der Waals surface area contributed by atoms with E-state index in [4.69, 9.17) is 9.15 Å². The van der Waals surface area contributed by atoms with Gasteiger partial charge in [-0.15, -0.1) is 0 Å². The van der Waals surface area contributed by atoms with E-state index in [-0.39, 0.29) is 24.2 Å². The Morgan fingerprint density at radius 2 is 2.45 bits per heavy atom. The molecule has 0 radical (unpaired) electrons. The maximum atomic E-state index is 11.9. The number of hydrogen-bond acceptors (Lipinski definition) is 4. The normalized spacial score (nSPS) is 18.6. The van der Waals surface area contributed by atoms with Gasteiger partial charge in [-0.25, -0.2) is 0 Å². The maximum Gasteiger partial charge on any atom is 0.225 e. The molecule has 1 aliphatic heterocycles. The third-order valence-corrected chi connectivity index (χ3v) is 3.34. The van der Waals surface area contributed by atoms with Crippen molar-refractivity contribution in [2.45, 2.75) is 19.4 Å². The average molecular weight is 280 g/mol. The minimum atomic E-state index is -0.264. The molecule has 1 aromatic heterocycles. The van der Waals surface area contributed by atoms with Crippen LogP contribution in [0.2, 0.25) is 0 Å². The van der Waals surface area contributed by atoms with Crippen molar-refractivity contribution in [2.24, 2.45) is 5.92 Å². The molecule has 110 valence electrons. The molecule has 1 unspecified atom stereocenters. The van der Waals surface area contributed by atoms with Crippen LogP contribution in [0, 0.1) is 5.92 Å². The molecule has 1 aliphatic rings. The molecule has 1 N–H and O–H groups in total. The van der Waals surface area contributed by atoms with E-state index in [1.165, 1.54) is 0 Å². The van der Waals surface area contributed by atoms with Gasteiger partial charge < -0.3 is 19.4 Å². The molecule has 6 heteroatoms. The first-order valence-corrected chi connectivity index (χ1v) is 6.77. The van der Waals surface area contributed by atoms with Crippen molar-refractivity contribution in [3.63, 3.8) is 0 Å². The van der Waals surface area contributed by atoms with Gasteiger partial charge in [0.05, 0.1) is 18.7 Å². The first kappa shape index (κ1) is 14.6. The second kappa shape index (κ2) is 7.09. The van der Waals surface area contributed by atoms with E-state index in [0.717, 1.165) is 12.2 Å². The van der Waals surface area contributed by atoms with E-state index in [1.54, 1.807) is 24.3 Å². The molecule has 1 atom stereocenters. The molecule has 2 rings (SSSR count). The summed E-state index contributed by atoms with van der Waals surface area (Å²) in [5.41, 5.74) is 0. The highest BCUT2D eigenvalue weighted by Gasteiger charge is 2.34. The number of rotatable bonds is 7. The number of ether oxygens (including phenoxy) is 1. The Morgan fingerprint density at radius 1 is 1.60 bits per heavy atom. The molecule has 1 aromatic rings. The van der Waals surface area contributed by atoms with E-state index in [1.807, 2.05) is 6.07 Å². The summed E-state index contributed by atoms with van der Waals surface area (Å²) in [6.45, 7) is 2.08. The molecule has 2 amide bonds. The summed E-state index contributed by atoms with van der Waals surface area (Å²) in [6.07, 6.45) is 2.63. The Morgan fingerprint density at radius 3 is 3.15 bits per heavy atom. The molecule has 0 bridgehead atoms. The highest BCUT2D eigenvalue weighted by Crippen LogP contribution is 2.20. The monoisotopic (exact) mass is 280 g/mol. The van der Waals surface area contributed by atoms with Crippen LogP contribution in [0.25, 0.3) is 0 Å². The molecule has 0 aliphatic carbocycles. The van der Waals surface area contributed by atoms with Gasteiger partial charge in [-0.05, 0) is 18.6 Å². The number of amides is 2. The van der Waals surface area contributed by atoms with E-state index in [0.29, 0.717) is 26.2 Å². The van der Waals surface area contributed by atoms with Crippen LogP contribution >= 0.6 is 0 Å². The van der Waals surface area contributed by atoms with Gasteiger partial charge in [-0.3, -0.25) is 9.59 Å². The number of nitrogens with one attached hydrogen (secondary N) is 1. The van der Waals surface area contributed by atoms with Gasteiger partial charge in [0, 0.05) is 33.2 Å². The molecule has 1 saturated heterocycles. The van der Waals surface area contributed by atoms with Gasteiger partial charge in [0.2, 0.25) is 11.8 Å². The Labute approximate surface area is 118 Å². The van der Waals surface area contributed by atoms with E-state index < -0.39 is 0 Å². The lowest BCUT2D eigenvalue weighted by molar-refractivity contribution is -0.129. The fourth-order valence-electron chi connectivity index (χ4n) is 2.26. The minimum absolute atomic E-state index is 0.00144. The summed E-state index contributed by atoms with van der Waals surface area (Å²) < 4.78 is 10.1. The molecule has 20 heavy (non-hydrogen) atoms. The third-order valence-electron chi connectivity index (χ3n) is 3.34. The number of carbonyl (C=O) groups excluding carboxylic acids is 2. The van der Waals surface area contributed by atoms with Crippen LogP contribution < -0.4 is 5.32 Å². The minimum Gasteiger partial charge on any atom is -0.467 e. The largest absolute Gasteiger partial charge is 0.467 e. The first-order chi connectivity index (χ1) is 9.70. The SMILES string of the molecule is COCCCNC(=O)C1CC(=O)N(Cc2ccco2)C1. The third kappa shape index (κ3) is 3.84. The predicted octanol–water partition coefficient (Wildman–Crippen LogP) is 0.781. The van der Waals surface area contributed by atoms with Crippen molar-refractivity contribution in [3.8, 4) is 0 Å². The lowest BCUT2D eigenvalue weighted by Gasteiger charge is -2.15. The molecule has 0 saturated carbocycles. The lowest BCUT2D eigenvalue weighted by atomic mass is 10.1. The summed E-state index contributed by atoms with van der Waals surface area (Å²) >= 11 is 0. The van der Waals surface area contributed by atoms with E-state index in [9.17, 15) is 9.59 Å². The summed E-state index contributed by atoms with van der Waals surface area (Å²) in [4.78, 5) is 25.5. The van der Waals surface area contributed by atoms with Crippen molar-refractivity contribution in [2.75, 3.05) is 26.8 Å². The highest BCUT2D eigenvalue weighted by molar-refractivity contribution is 5.89. The summed E-state index contributed by atoms with van der Waals surface area (Å²) in [5.74, 6) is 0.411. The summed E-state index contributed by atoms with van der Waals surface area (Å²) in [5, 5.41) is 2.84. The second-order valence-corrected chi connectivity index (χ2v) is 4.89. The van der Waals surface area contributed by atoms with Crippen LogP contribution in [-0.2, 0) is 20.9 Å². The first-order valence-electron chi connectivity index (χ1n) is 6.77. The standard InChI is InChI=1S/C14H20N2O4/c1-19-6-3-5-15-14(18)11-8-13(17)16(9-11)10-12-4-2-7-20-12/h2,4,7,11H,3,5-6,8-10H2,1H3,(H,15,18). The van der Waals surface area contributed by atoms with Crippen LogP contribution in [0.3, 0.4) is 0 Å². The Hall–Kier alpha value is -1.82. The van der Waals surface area contributed by atoms with Gasteiger partial charge >= 0.3 is 0 Å². The van der Waals surface area contributed by atoms with Crippen molar-refractivity contribution in [3.05, 3.63) is 24.2 Å². The number of furan rings is 1. The van der Waals surface area contributed by atoms with Crippen molar-refractivity contribution in [1.82, 2.24) is 10.2 Å². The van der Waals surface area contributed by atoms with Crippen LogP contribution in [0.15, 0.2) is 22.8 Å². The van der Waals surface area contributed by atoms with Crippen LogP contribution in [-0.4, -0.2) is 43.5 Å². The fraction of sp³-hybridized carbons (Fsp3) is 0.571. The van der Waals surface area contributed by atoms with Gasteiger partial charge in [-0.1, -0.05) is 0 Å². The zero-order valence-electron chi connectivity index (χ0n) is 11.6. The van der Waals surface area contributed by atoms with Gasteiger partial charge in [0.25, 0.3) is 0 Å². The van der Waals surface area contributed by atoms with Crippen LogP contribution in [0.4, 0.5) is 0 Å². The summed E-state index contributed by atoms with van der Waals surface area (Å²) in [7, 11) is 1.63. The molecule has 6 nitrogen and oxygen atoms in total. The quantitative estimate of drug-likeness (QED) is 0.749. The molecule has 0 aromatic carbocycles. The molecule has 0 spiro atoms. The topological polar surface area (TPSA) is 71.8 Å². The summed E-state index contributed by atoms with van der Waals surface area (Å²) in [6, 6.07) is 3.61. The average Bonchev–Trinajstić information content (AvgIpc) is 3.06. The number of likely N-dealkylation sites (tertiary alicyclic amines) is 1. The van der Waals surface area contributed by atoms with Crippen LogP contribution in [0.1, 0.15) is 18.6 Å². The molecule has 1 fully saturated rings. The number of carbonyl (C=O) groups is 2.